The van der Waals surface area contributed by atoms with Crippen LogP contribution in [0, 0.1) is 0 Å². The molecule has 0 aliphatic rings. The van der Waals surface area contributed by atoms with Crippen LogP contribution < -0.4 is 4.90 Å². The maximum absolute atomic E-state index is 5.99. The molecular weight excluding hydrogens is 276 g/mol. The largest absolute Gasteiger partial charge is 0.383 e. The Morgan fingerprint density at radius 3 is 2.20 bits per heavy atom. The molecule has 114 valence electrons. The fraction of sp³-hybridized carbons (Fsp3) is 0.667. The molecular formula is C15H25ClN2O2. The van der Waals surface area contributed by atoms with E-state index in [9.17, 15) is 0 Å². The van der Waals surface area contributed by atoms with Crippen LogP contribution in [0.4, 0.5) is 5.82 Å². The molecule has 0 atom stereocenters. The first-order valence-electron chi connectivity index (χ1n) is 6.92. The SMILES string of the molecule is COCCN(CCOC)c1cc(CCl)cc(C(C)C)n1. The summed E-state index contributed by atoms with van der Waals surface area (Å²) in [5.74, 6) is 1.82. The molecule has 0 aliphatic heterocycles. The number of anilines is 1. The number of hydrogen-bond donors (Lipinski definition) is 0. The Morgan fingerprint density at radius 1 is 1.15 bits per heavy atom. The number of pyridine rings is 1. The summed E-state index contributed by atoms with van der Waals surface area (Å²) >= 11 is 5.99. The van der Waals surface area contributed by atoms with Gasteiger partial charge in [0, 0.05) is 38.9 Å². The average Bonchev–Trinajstić information content (AvgIpc) is 2.46. The molecule has 4 nitrogen and oxygen atoms in total. The quantitative estimate of drug-likeness (QED) is 0.657. The van der Waals surface area contributed by atoms with Crippen LogP contribution in [0.25, 0.3) is 0 Å². The number of hydrogen-bond acceptors (Lipinski definition) is 4. The molecule has 0 saturated carbocycles. The van der Waals surface area contributed by atoms with Gasteiger partial charge in [-0.2, -0.15) is 0 Å². The first-order chi connectivity index (χ1) is 9.62. The normalized spacial score (nSPS) is 11.1. The van der Waals surface area contributed by atoms with Crippen LogP contribution in [-0.2, 0) is 15.4 Å². The van der Waals surface area contributed by atoms with E-state index in [0.717, 1.165) is 30.2 Å². The van der Waals surface area contributed by atoms with E-state index in [0.29, 0.717) is 25.0 Å². The molecule has 0 saturated heterocycles. The maximum Gasteiger partial charge on any atom is 0.129 e. The van der Waals surface area contributed by atoms with Crippen molar-refractivity contribution in [3.63, 3.8) is 0 Å². The van der Waals surface area contributed by atoms with E-state index in [4.69, 9.17) is 26.1 Å². The van der Waals surface area contributed by atoms with Crippen LogP contribution in [0.15, 0.2) is 12.1 Å². The lowest BCUT2D eigenvalue weighted by Crippen LogP contribution is -2.31. The lowest BCUT2D eigenvalue weighted by molar-refractivity contribution is 0.190. The zero-order valence-electron chi connectivity index (χ0n) is 12.9. The van der Waals surface area contributed by atoms with Gasteiger partial charge < -0.3 is 14.4 Å². The van der Waals surface area contributed by atoms with Gasteiger partial charge in [-0.25, -0.2) is 4.98 Å². The van der Waals surface area contributed by atoms with Gasteiger partial charge in [0.1, 0.15) is 5.82 Å². The number of rotatable bonds is 9. The van der Waals surface area contributed by atoms with Gasteiger partial charge in [-0.1, -0.05) is 13.8 Å². The summed E-state index contributed by atoms with van der Waals surface area (Å²) < 4.78 is 10.3. The minimum absolute atomic E-state index is 0.378. The molecule has 20 heavy (non-hydrogen) atoms. The Balaban J connectivity index is 2.99. The fourth-order valence-electron chi connectivity index (χ4n) is 1.87. The Labute approximate surface area is 127 Å². The van der Waals surface area contributed by atoms with Gasteiger partial charge in [-0.15, -0.1) is 11.6 Å². The van der Waals surface area contributed by atoms with Crippen LogP contribution in [0.2, 0.25) is 0 Å². The standard InChI is InChI=1S/C15H25ClN2O2/c1-12(2)14-9-13(11-16)10-15(17-14)18(5-7-19-3)6-8-20-4/h9-10,12H,5-8,11H2,1-4H3. The number of nitrogens with zero attached hydrogens (tertiary/aromatic N) is 2. The molecule has 0 N–H and O–H groups in total. The van der Waals surface area contributed by atoms with Crippen molar-refractivity contribution in [2.45, 2.75) is 25.6 Å². The van der Waals surface area contributed by atoms with Gasteiger partial charge in [-0.05, 0) is 23.6 Å². The third-order valence-corrected chi connectivity index (χ3v) is 3.40. The van der Waals surface area contributed by atoms with E-state index >= 15 is 0 Å². The van der Waals surface area contributed by atoms with E-state index in [1.54, 1.807) is 14.2 Å². The number of ether oxygens (including phenoxy) is 2. The molecule has 0 aliphatic carbocycles. The second-order valence-corrected chi connectivity index (χ2v) is 5.29. The Kier molecular flexibility index (Phi) is 7.88. The fourth-order valence-corrected chi connectivity index (χ4v) is 2.03. The van der Waals surface area contributed by atoms with E-state index in [2.05, 4.69) is 24.8 Å². The van der Waals surface area contributed by atoms with Gasteiger partial charge in [0.2, 0.25) is 0 Å². The number of alkyl halides is 1. The van der Waals surface area contributed by atoms with Crippen molar-refractivity contribution in [2.24, 2.45) is 0 Å². The van der Waals surface area contributed by atoms with Gasteiger partial charge in [-0.3, -0.25) is 0 Å². The molecule has 0 spiro atoms. The Hall–Kier alpha value is -0.840. The second kappa shape index (κ2) is 9.16. The molecule has 5 heteroatoms. The molecule has 0 radical (unpaired) electrons. The lowest BCUT2D eigenvalue weighted by Gasteiger charge is -2.24. The predicted molar refractivity (Wildman–Crippen MR) is 83.8 cm³/mol. The first kappa shape index (κ1) is 17.2. The summed E-state index contributed by atoms with van der Waals surface area (Å²) in [7, 11) is 3.41. The highest BCUT2D eigenvalue weighted by atomic mass is 35.5. The van der Waals surface area contributed by atoms with Crippen molar-refractivity contribution in [1.82, 2.24) is 4.98 Å². The Bertz CT molecular complexity index is 391. The molecule has 0 aromatic carbocycles. The predicted octanol–water partition coefficient (Wildman–Crippen LogP) is 3.04. The number of halogens is 1. The number of methoxy groups -OCH3 is 2. The highest BCUT2D eigenvalue weighted by molar-refractivity contribution is 6.17. The van der Waals surface area contributed by atoms with Gasteiger partial charge in [0.05, 0.1) is 13.2 Å². The average molecular weight is 301 g/mol. The molecule has 1 heterocycles. The van der Waals surface area contributed by atoms with Crippen LogP contribution in [0.5, 0.6) is 0 Å². The molecule has 0 fully saturated rings. The summed E-state index contributed by atoms with van der Waals surface area (Å²) in [6, 6.07) is 4.12. The Morgan fingerprint density at radius 2 is 1.75 bits per heavy atom. The minimum atomic E-state index is 0.378. The highest BCUT2D eigenvalue weighted by Crippen LogP contribution is 2.21. The molecule has 0 unspecified atom stereocenters. The molecule has 0 amide bonds. The summed E-state index contributed by atoms with van der Waals surface area (Å²) in [6.07, 6.45) is 0. The first-order valence-corrected chi connectivity index (χ1v) is 7.45. The monoisotopic (exact) mass is 300 g/mol. The zero-order chi connectivity index (χ0) is 15.0. The van der Waals surface area contributed by atoms with Crippen molar-refractivity contribution >= 4 is 17.4 Å². The summed E-state index contributed by atoms with van der Waals surface area (Å²) in [5.41, 5.74) is 2.16. The van der Waals surface area contributed by atoms with Crippen molar-refractivity contribution in [3.05, 3.63) is 23.4 Å². The van der Waals surface area contributed by atoms with E-state index < -0.39 is 0 Å². The van der Waals surface area contributed by atoms with Crippen LogP contribution in [-0.4, -0.2) is 45.5 Å². The zero-order valence-corrected chi connectivity index (χ0v) is 13.6. The summed E-state index contributed by atoms with van der Waals surface area (Å²) in [5, 5.41) is 0. The molecule has 0 bridgehead atoms. The number of aromatic nitrogens is 1. The van der Waals surface area contributed by atoms with Crippen molar-refractivity contribution < 1.29 is 9.47 Å². The summed E-state index contributed by atoms with van der Waals surface area (Å²) in [6.45, 7) is 7.17. The van der Waals surface area contributed by atoms with Crippen molar-refractivity contribution in [1.29, 1.82) is 0 Å². The van der Waals surface area contributed by atoms with E-state index in [-0.39, 0.29) is 0 Å². The van der Waals surface area contributed by atoms with Crippen molar-refractivity contribution in [3.8, 4) is 0 Å². The smallest absolute Gasteiger partial charge is 0.129 e. The van der Waals surface area contributed by atoms with Gasteiger partial charge >= 0.3 is 0 Å². The topological polar surface area (TPSA) is 34.6 Å². The summed E-state index contributed by atoms with van der Waals surface area (Å²) in [4.78, 5) is 6.92. The van der Waals surface area contributed by atoms with Gasteiger partial charge in [0.15, 0.2) is 0 Å². The third kappa shape index (κ3) is 5.27. The second-order valence-electron chi connectivity index (χ2n) is 5.02. The maximum atomic E-state index is 5.99. The van der Waals surface area contributed by atoms with E-state index in [1.165, 1.54) is 0 Å². The van der Waals surface area contributed by atoms with Crippen LogP contribution in [0.1, 0.15) is 31.0 Å². The highest BCUT2D eigenvalue weighted by Gasteiger charge is 2.12. The molecule has 1 rings (SSSR count). The van der Waals surface area contributed by atoms with Crippen molar-refractivity contribution in [2.75, 3.05) is 45.4 Å². The van der Waals surface area contributed by atoms with Crippen LogP contribution >= 0.6 is 11.6 Å². The lowest BCUT2D eigenvalue weighted by atomic mass is 10.1. The molecule has 1 aromatic heterocycles. The van der Waals surface area contributed by atoms with E-state index in [1.807, 2.05) is 6.07 Å². The minimum Gasteiger partial charge on any atom is -0.383 e. The van der Waals surface area contributed by atoms with Crippen LogP contribution in [0.3, 0.4) is 0 Å². The third-order valence-electron chi connectivity index (χ3n) is 3.09. The van der Waals surface area contributed by atoms with Gasteiger partial charge in [0.25, 0.3) is 0 Å². The molecule has 1 aromatic rings.